The molecule has 11 heavy (non-hydrogen) atoms. The molecule has 3 heteroatoms. The normalized spacial score (nSPS) is 38.5. The van der Waals surface area contributed by atoms with Crippen LogP contribution in [0.3, 0.4) is 0 Å². The van der Waals surface area contributed by atoms with Crippen LogP contribution in [0.4, 0.5) is 0 Å². The summed E-state index contributed by atoms with van der Waals surface area (Å²) in [4.78, 5) is 11.3. The van der Waals surface area contributed by atoms with Crippen molar-refractivity contribution in [2.75, 3.05) is 5.33 Å². The van der Waals surface area contributed by atoms with Crippen LogP contribution in [-0.2, 0) is 9.53 Å². The van der Waals surface area contributed by atoms with Gasteiger partial charge in [0.25, 0.3) is 0 Å². The quantitative estimate of drug-likeness (QED) is 0.511. The van der Waals surface area contributed by atoms with Crippen LogP contribution in [-0.4, -0.2) is 22.8 Å². The molecule has 1 heterocycles. The van der Waals surface area contributed by atoms with E-state index in [9.17, 15) is 4.79 Å². The lowest BCUT2D eigenvalue weighted by Gasteiger charge is -2.03. The van der Waals surface area contributed by atoms with Gasteiger partial charge in [-0.15, -0.1) is 0 Å². The number of allylic oxidation sites excluding steroid dienone is 2. The minimum atomic E-state index is -0.599. The Balaban J connectivity index is 2.22. The Labute approximate surface area is 73.0 Å². The Morgan fingerprint density at radius 1 is 1.64 bits per heavy atom. The third-order valence-electron chi connectivity index (χ3n) is 1.99. The highest BCUT2D eigenvalue weighted by Crippen LogP contribution is 2.42. The second kappa shape index (κ2) is 2.29. The molecule has 0 saturated carbocycles. The zero-order chi connectivity index (χ0) is 7.90. The lowest BCUT2D eigenvalue weighted by atomic mass is 9.97. The van der Waals surface area contributed by atoms with Crippen molar-refractivity contribution in [1.82, 2.24) is 0 Å². The molecule has 0 N–H and O–H groups in total. The molecule has 0 amide bonds. The molecule has 0 aromatic rings. The molecule has 2 rings (SSSR count). The summed E-state index contributed by atoms with van der Waals surface area (Å²) in [7, 11) is 0. The zero-order valence-electron chi connectivity index (χ0n) is 5.79. The lowest BCUT2D eigenvalue weighted by molar-refractivity contribution is -0.119. The summed E-state index contributed by atoms with van der Waals surface area (Å²) in [6.45, 7) is 0. The number of ketones is 1. The van der Waals surface area contributed by atoms with Crippen molar-refractivity contribution < 1.29 is 9.53 Å². The Morgan fingerprint density at radius 3 is 3.09 bits per heavy atom. The second-order valence-electron chi connectivity index (χ2n) is 2.63. The SMILES string of the molecule is O=C(CBr)C12C=CC=CC1O2. The van der Waals surface area contributed by atoms with E-state index in [-0.39, 0.29) is 11.9 Å². The van der Waals surface area contributed by atoms with Crippen LogP contribution in [0.25, 0.3) is 0 Å². The van der Waals surface area contributed by atoms with E-state index >= 15 is 0 Å². The van der Waals surface area contributed by atoms with Gasteiger partial charge >= 0.3 is 0 Å². The van der Waals surface area contributed by atoms with Crippen molar-refractivity contribution in [1.29, 1.82) is 0 Å². The number of alkyl halides is 1. The average Bonchev–Trinajstić information content (AvgIpc) is 2.78. The standard InChI is InChI=1S/C8H7BrO2/c9-5-6(10)8-4-2-1-3-7(8)11-8/h1-4,7H,5H2. The van der Waals surface area contributed by atoms with Gasteiger partial charge in [0, 0.05) is 0 Å². The molecule has 0 aromatic carbocycles. The molecule has 2 unspecified atom stereocenters. The van der Waals surface area contributed by atoms with Gasteiger partial charge in [0.05, 0.1) is 5.33 Å². The van der Waals surface area contributed by atoms with Gasteiger partial charge in [-0.3, -0.25) is 4.79 Å². The first-order chi connectivity index (χ1) is 5.29. The molecule has 2 aliphatic rings. The fourth-order valence-electron chi connectivity index (χ4n) is 1.28. The van der Waals surface area contributed by atoms with Crippen molar-refractivity contribution in [3.8, 4) is 0 Å². The largest absolute Gasteiger partial charge is 0.349 e. The Hall–Kier alpha value is -0.410. The number of hydrogen-bond acceptors (Lipinski definition) is 2. The first-order valence-electron chi connectivity index (χ1n) is 3.43. The van der Waals surface area contributed by atoms with Crippen molar-refractivity contribution in [2.45, 2.75) is 11.7 Å². The van der Waals surface area contributed by atoms with Crippen molar-refractivity contribution >= 4 is 21.7 Å². The van der Waals surface area contributed by atoms with Crippen LogP contribution < -0.4 is 0 Å². The molecule has 1 fully saturated rings. The van der Waals surface area contributed by atoms with Crippen molar-refractivity contribution in [3.05, 3.63) is 24.3 Å². The van der Waals surface area contributed by atoms with Gasteiger partial charge in [0.1, 0.15) is 6.10 Å². The molecule has 0 bridgehead atoms. The van der Waals surface area contributed by atoms with Crippen LogP contribution >= 0.6 is 15.9 Å². The monoisotopic (exact) mass is 214 g/mol. The first-order valence-corrected chi connectivity index (χ1v) is 4.55. The van der Waals surface area contributed by atoms with E-state index in [0.717, 1.165) is 0 Å². The fourth-order valence-corrected chi connectivity index (χ4v) is 1.72. The van der Waals surface area contributed by atoms with Crippen molar-refractivity contribution in [2.24, 2.45) is 0 Å². The summed E-state index contributed by atoms with van der Waals surface area (Å²) < 4.78 is 5.26. The highest BCUT2D eigenvalue weighted by Gasteiger charge is 2.58. The molecule has 58 valence electrons. The molecule has 1 saturated heterocycles. The smallest absolute Gasteiger partial charge is 0.182 e. The maximum Gasteiger partial charge on any atom is 0.182 e. The van der Waals surface area contributed by atoms with Gasteiger partial charge in [0.15, 0.2) is 11.4 Å². The van der Waals surface area contributed by atoms with E-state index in [1.54, 1.807) is 0 Å². The highest BCUT2D eigenvalue weighted by molar-refractivity contribution is 9.09. The van der Waals surface area contributed by atoms with Gasteiger partial charge in [-0.1, -0.05) is 34.2 Å². The maximum atomic E-state index is 11.3. The number of carbonyl (C=O) groups excluding carboxylic acids is 1. The molecule has 0 aromatic heterocycles. The summed E-state index contributed by atoms with van der Waals surface area (Å²) in [5.74, 6) is 0.100. The zero-order valence-corrected chi connectivity index (χ0v) is 7.37. The van der Waals surface area contributed by atoms with E-state index < -0.39 is 5.60 Å². The first kappa shape index (κ1) is 7.25. The van der Waals surface area contributed by atoms with Gasteiger partial charge < -0.3 is 4.74 Å². The summed E-state index contributed by atoms with van der Waals surface area (Å²) in [6.07, 6.45) is 7.47. The van der Waals surface area contributed by atoms with Crippen LogP contribution in [0.2, 0.25) is 0 Å². The molecule has 1 aliphatic carbocycles. The number of rotatable bonds is 2. The molecular weight excluding hydrogens is 208 g/mol. The van der Waals surface area contributed by atoms with E-state index in [2.05, 4.69) is 15.9 Å². The van der Waals surface area contributed by atoms with E-state index in [1.807, 2.05) is 24.3 Å². The molecule has 2 atom stereocenters. The number of epoxide rings is 1. The van der Waals surface area contributed by atoms with Crippen LogP contribution in [0.1, 0.15) is 0 Å². The topological polar surface area (TPSA) is 29.6 Å². The predicted molar refractivity (Wildman–Crippen MR) is 44.7 cm³/mol. The number of carbonyl (C=O) groups is 1. The minimum absolute atomic E-state index is 0.00227. The Bertz CT molecular complexity index is 257. The Morgan fingerprint density at radius 2 is 2.45 bits per heavy atom. The third kappa shape index (κ3) is 0.914. The van der Waals surface area contributed by atoms with Crippen LogP contribution in [0.5, 0.6) is 0 Å². The molecular formula is C8H7BrO2. The number of fused-ring (bicyclic) bond motifs is 1. The molecule has 0 radical (unpaired) electrons. The third-order valence-corrected chi connectivity index (χ3v) is 2.49. The molecule has 2 nitrogen and oxygen atoms in total. The number of halogens is 1. The average molecular weight is 215 g/mol. The van der Waals surface area contributed by atoms with Crippen molar-refractivity contribution in [3.63, 3.8) is 0 Å². The van der Waals surface area contributed by atoms with Gasteiger partial charge in [-0.2, -0.15) is 0 Å². The van der Waals surface area contributed by atoms with Crippen LogP contribution in [0.15, 0.2) is 24.3 Å². The maximum absolute atomic E-state index is 11.3. The molecule has 0 spiro atoms. The fraction of sp³-hybridized carbons (Fsp3) is 0.375. The highest BCUT2D eigenvalue weighted by atomic mass is 79.9. The summed E-state index contributed by atoms with van der Waals surface area (Å²) in [6, 6.07) is 0. The van der Waals surface area contributed by atoms with Gasteiger partial charge in [0.2, 0.25) is 0 Å². The van der Waals surface area contributed by atoms with Gasteiger partial charge in [-0.05, 0) is 6.08 Å². The number of hydrogen-bond donors (Lipinski definition) is 0. The minimum Gasteiger partial charge on any atom is -0.349 e. The summed E-state index contributed by atoms with van der Waals surface area (Å²) in [5, 5.41) is 0.363. The van der Waals surface area contributed by atoms with E-state index in [1.165, 1.54) is 0 Å². The predicted octanol–water partition coefficient (Wildman–Crippen LogP) is 1.21. The summed E-state index contributed by atoms with van der Waals surface area (Å²) in [5.41, 5.74) is -0.599. The van der Waals surface area contributed by atoms with E-state index in [4.69, 9.17) is 4.74 Å². The van der Waals surface area contributed by atoms with Gasteiger partial charge in [-0.25, -0.2) is 0 Å². The van der Waals surface area contributed by atoms with E-state index in [0.29, 0.717) is 5.33 Å². The number of ether oxygens (including phenoxy) is 1. The lowest BCUT2D eigenvalue weighted by Crippen LogP contribution is -2.26. The second-order valence-corrected chi connectivity index (χ2v) is 3.19. The number of Topliss-reactive ketones (excluding diaryl/α,β-unsaturated/α-hetero) is 1. The Kier molecular flexibility index (Phi) is 1.51. The van der Waals surface area contributed by atoms with Crippen LogP contribution in [0, 0.1) is 0 Å². The molecule has 1 aliphatic heterocycles. The summed E-state index contributed by atoms with van der Waals surface area (Å²) >= 11 is 3.12.